The largest absolute Gasteiger partial charge is 0.305 e. The van der Waals surface area contributed by atoms with E-state index in [-0.39, 0.29) is 11.5 Å². The fourth-order valence-corrected chi connectivity index (χ4v) is 0.878. The maximum absolute atomic E-state index is 12.1. The van der Waals surface area contributed by atoms with Gasteiger partial charge in [0.1, 0.15) is 5.78 Å². The van der Waals surface area contributed by atoms with Crippen LogP contribution in [-0.2, 0) is 4.79 Å². The fraction of sp³-hybridized carbons (Fsp3) is 0.750. The third kappa shape index (κ3) is 8.53. The Labute approximate surface area is 66.9 Å². The highest BCUT2D eigenvalue weighted by Gasteiger charge is 2.22. The second-order valence-corrected chi connectivity index (χ2v) is 4.26. The normalized spacial score (nSPS) is 11.6. The summed E-state index contributed by atoms with van der Waals surface area (Å²) in [6.45, 7) is 1.34. The number of rotatable bonds is 3. The number of hydrogen-bond acceptors (Lipinski definition) is 2. The van der Waals surface area contributed by atoms with Crippen LogP contribution in [0.1, 0.15) is 6.92 Å². The van der Waals surface area contributed by atoms with E-state index in [1.165, 1.54) is 6.92 Å². The van der Waals surface area contributed by atoms with Crippen molar-refractivity contribution < 1.29 is 9.18 Å². The number of Topliss-reactive ketones (excluding diaryl/α,β-unsaturated/α-hetero) is 1. The first-order valence-electron chi connectivity index (χ1n) is 2.12. The molecule has 0 bridgehead atoms. The Bertz CT molecular complexity index is 112. The van der Waals surface area contributed by atoms with Gasteiger partial charge in [-0.2, -0.15) is 4.39 Å². The van der Waals surface area contributed by atoms with Gasteiger partial charge < -0.3 is 0 Å². The molecule has 0 spiro atoms. The Hall–Kier alpha value is 0.530. The molecule has 0 radical (unpaired) electrons. The highest BCUT2D eigenvalue weighted by Crippen LogP contribution is 2.35. The summed E-state index contributed by atoms with van der Waals surface area (Å²) in [5.41, 5.74) is 0. The van der Waals surface area contributed by atoms with E-state index in [0.717, 1.165) is 0 Å². The molecule has 5 heteroatoms. The van der Waals surface area contributed by atoms with Gasteiger partial charge in [0.15, 0.2) is 0 Å². The quantitative estimate of drug-likeness (QED) is 0.637. The minimum atomic E-state index is -2.33. The van der Waals surface area contributed by atoms with E-state index < -0.39 is 3.92 Å². The van der Waals surface area contributed by atoms with Gasteiger partial charge in [-0.15, -0.1) is 0 Å². The second kappa shape index (κ2) is 3.64. The summed E-state index contributed by atoms with van der Waals surface area (Å²) in [6.07, 6.45) is 0. The zero-order valence-electron chi connectivity index (χ0n) is 4.66. The van der Waals surface area contributed by atoms with Crippen LogP contribution in [0.5, 0.6) is 0 Å². The standard InChI is InChI=1S/C4H5Cl2FOS/c1-3(8)2-9-4(5,6)7/h2H2,1H3. The molecule has 0 amide bonds. The zero-order chi connectivity index (χ0) is 7.49. The minimum Gasteiger partial charge on any atom is -0.299 e. The fourth-order valence-electron chi connectivity index (χ4n) is 0.183. The minimum absolute atomic E-state index is 0.00347. The summed E-state index contributed by atoms with van der Waals surface area (Å²) < 4.78 is 9.76. The summed E-state index contributed by atoms with van der Waals surface area (Å²) in [6, 6.07) is 0. The Balaban J connectivity index is 3.39. The van der Waals surface area contributed by atoms with Crippen LogP contribution in [-0.4, -0.2) is 15.5 Å². The second-order valence-electron chi connectivity index (χ2n) is 1.44. The molecule has 0 aliphatic rings. The molecule has 0 aliphatic carbocycles. The van der Waals surface area contributed by atoms with Gasteiger partial charge in [-0.1, -0.05) is 35.0 Å². The van der Waals surface area contributed by atoms with Crippen LogP contribution in [0.2, 0.25) is 0 Å². The molecule has 0 aliphatic heterocycles. The molecule has 0 aromatic carbocycles. The summed E-state index contributed by atoms with van der Waals surface area (Å²) in [4.78, 5) is 10.2. The van der Waals surface area contributed by atoms with Crippen LogP contribution in [0.4, 0.5) is 4.39 Å². The Morgan fingerprint density at radius 2 is 2.22 bits per heavy atom. The van der Waals surface area contributed by atoms with E-state index in [1.807, 2.05) is 0 Å². The van der Waals surface area contributed by atoms with Gasteiger partial charge in [0.05, 0.1) is 5.75 Å². The van der Waals surface area contributed by atoms with Crippen molar-refractivity contribution in [3.8, 4) is 0 Å². The van der Waals surface area contributed by atoms with E-state index in [1.54, 1.807) is 0 Å². The lowest BCUT2D eigenvalue weighted by atomic mass is 10.5. The summed E-state index contributed by atoms with van der Waals surface area (Å²) in [7, 11) is 0. The van der Waals surface area contributed by atoms with Crippen LogP contribution in [0.3, 0.4) is 0 Å². The van der Waals surface area contributed by atoms with Crippen LogP contribution in [0.15, 0.2) is 0 Å². The molecule has 0 atom stereocenters. The molecule has 1 nitrogen and oxygen atoms in total. The lowest BCUT2D eigenvalue weighted by Crippen LogP contribution is -2.02. The number of hydrogen-bond donors (Lipinski definition) is 0. The van der Waals surface area contributed by atoms with Crippen molar-refractivity contribution in [3.63, 3.8) is 0 Å². The SMILES string of the molecule is CC(=O)CSC(F)(Cl)Cl. The first-order valence-corrected chi connectivity index (χ1v) is 3.86. The van der Waals surface area contributed by atoms with Gasteiger partial charge in [-0.25, -0.2) is 0 Å². The molecule has 0 unspecified atom stereocenters. The number of alkyl halides is 3. The number of thioether (sulfide) groups is 1. The van der Waals surface area contributed by atoms with Crippen LogP contribution >= 0.6 is 35.0 Å². The van der Waals surface area contributed by atoms with Crippen molar-refractivity contribution in [2.75, 3.05) is 5.75 Å². The van der Waals surface area contributed by atoms with Crippen LogP contribution in [0.25, 0.3) is 0 Å². The third-order valence-corrected chi connectivity index (χ3v) is 1.97. The number of carbonyl (C=O) groups is 1. The molecule has 54 valence electrons. The highest BCUT2D eigenvalue weighted by atomic mass is 35.5. The molecule has 0 N–H and O–H groups in total. The van der Waals surface area contributed by atoms with Crippen molar-refractivity contribution >= 4 is 40.7 Å². The Morgan fingerprint density at radius 3 is 2.33 bits per heavy atom. The maximum atomic E-state index is 12.1. The van der Waals surface area contributed by atoms with Gasteiger partial charge >= 0.3 is 3.92 Å². The smallest absolute Gasteiger partial charge is 0.299 e. The Morgan fingerprint density at radius 1 is 1.78 bits per heavy atom. The average molecular weight is 191 g/mol. The molecule has 0 aromatic rings. The summed E-state index contributed by atoms with van der Waals surface area (Å²) in [5, 5.41) is 0. The molecule has 0 heterocycles. The van der Waals surface area contributed by atoms with E-state index in [4.69, 9.17) is 23.2 Å². The van der Waals surface area contributed by atoms with Gasteiger partial charge in [0, 0.05) is 0 Å². The van der Waals surface area contributed by atoms with Crippen molar-refractivity contribution in [2.45, 2.75) is 10.8 Å². The topological polar surface area (TPSA) is 17.1 Å². The summed E-state index contributed by atoms with van der Waals surface area (Å²) >= 11 is 10.3. The first kappa shape index (κ1) is 9.53. The number of carbonyl (C=O) groups excluding carboxylic acids is 1. The monoisotopic (exact) mass is 190 g/mol. The molecule has 0 saturated heterocycles. The Kier molecular flexibility index (Phi) is 3.85. The number of halogens is 3. The average Bonchev–Trinajstić information content (AvgIpc) is 1.59. The molecule has 0 fully saturated rings. The van der Waals surface area contributed by atoms with E-state index in [2.05, 4.69) is 0 Å². The zero-order valence-corrected chi connectivity index (χ0v) is 6.99. The van der Waals surface area contributed by atoms with Crippen molar-refractivity contribution in [3.05, 3.63) is 0 Å². The van der Waals surface area contributed by atoms with Crippen molar-refractivity contribution in [1.29, 1.82) is 0 Å². The number of ketones is 1. The van der Waals surface area contributed by atoms with Gasteiger partial charge in [0.25, 0.3) is 0 Å². The first-order chi connectivity index (χ1) is 3.92. The predicted octanol–water partition coefficient (Wildman–Crippen LogP) is 2.37. The van der Waals surface area contributed by atoms with Crippen LogP contribution < -0.4 is 0 Å². The maximum Gasteiger partial charge on any atom is 0.305 e. The van der Waals surface area contributed by atoms with E-state index in [9.17, 15) is 9.18 Å². The van der Waals surface area contributed by atoms with Gasteiger partial charge in [-0.05, 0) is 6.92 Å². The lowest BCUT2D eigenvalue weighted by molar-refractivity contribution is -0.114. The summed E-state index contributed by atoms with van der Waals surface area (Å²) in [5.74, 6) is -0.146. The van der Waals surface area contributed by atoms with E-state index >= 15 is 0 Å². The lowest BCUT2D eigenvalue weighted by Gasteiger charge is -2.04. The molecule has 0 rings (SSSR count). The highest BCUT2D eigenvalue weighted by molar-refractivity contribution is 8.03. The van der Waals surface area contributed by atoms with Crippen molar-refractivity contribution in [2.24, 2.45) is 0 Å². The molecule has 9 heavy (non-hydrogen) atoms. The van der Waals surface area contributed by atoms with Gasteiger partial charge in [0.2, 0.25) is 0 Å². The van der Waals surface area contributed by atoms with E-state index in [0.29, 0.717) is 11.8 Å². The van der Waals surface area contributed by atoms with Crippen molar-refractivity contribution in [1.82, 2.24) is 0 Å². The molecule has 0 saturated carbocycles. The van der Waals surface area contributed by atoms with Gasteiger partial charge in [-0.3, -0.25) is 4.79 Å². The molecule has 0 aromatic heterocycles. The predicted molar refractivity (Wildman–Crippen MR) is 38.7 cm³/mol. The molecular weight excluding hydrogens is 186 g/mol. The van der Waals surface area contributed by atoms with Crippen LogP contribution in [0, 0.1) is 0 Å². The third-order valence-electron chi connectivity index (χ3n) is 0.439. The molecular formula is C4H5Cl2FOS.